The number of amides is 1. The topological polar surface area (TPSA) is 66.5 Å². The van der Waals surface area contributed by atoms with Crippen LogP contribution in [0.25, 0.3) is 0 Å². The van der Waals surface area contributed by atoms with Gasteiger partial charge in [0.05, 0.1) is 4.90 Å². The monoisotopic (exact) mass is 428 g/mol. The second-order valence-electron chi connectivity index (χ2n) is 8.51. The fraction of sp³-hybridized carbons (Fsp3) is 0.458. The summed E-state index contributed by atoms with van der Waals surface area (Å²) < 4.78 is 27.8. The molecule has 5 nitrogen and oxygen atoms in total. The van der Waals surface area contributed by atoms with Crippen LogP contribution in [-0.2, 0) is 10.0 Å². The first-order valence-electron chi connectivity index (χ1n) is 10.7. The van der Waals surface area contributed by atoms with Crippen molar-refractivity contribution in [3.63, 3.8) is 0 Å². The van der Waals surface area contributed by atoms with E-state index >= 15 is 0 Å². The Labute approximate surface area is 180 Å². The Balaban J connectivity index is 1.45. The highest BCUT2D eigenvalue weighted by atomic mass is 32.2. The van der Waals surface area contributed by atoms with E-state index in [-0.39, 0.29) is 5.91 Å². The third-order valence-electron chi connectivity index (χ3n) is 5.90. The van der Waals surface area contributed by atoms with E-state index in [9.17, 15) is 13.2 Å². The molecule has 0 radical (unpaired) electrons. The molecule has 2 aromatic carbocycles. The smallest absolute Gasteiger partial charge is 0.253 e. The second-order valence-corrected chi connectivity index (χ2v) is 10.3. The lowest BCUT2D eigenvalue weighted by Crippen LogP contribution is -2.39. The van der Waals surface area contributed by atoms with Gasteiger partial charge >= 0.3 is 0 Å². The Bertz CT molecular complexity index is 943. The van der Waals surface area contributed by atoms with E-state index in [1.165, 1.54) is 0 Å². The molecule has 162 valence electrons. The quantitative estimate of drug-likeness (QED) is 0.713. The van der Waals surface area contributed by atoms with Crippen molar-refractivity contribution >= 4 is 15.9 Å². The molecule has 1 fully saturated rings. The van der Waals surface area contributed by atoms with Crippen LogP contribution in [0.1, 0.15) is 60.5 Å². The van der Waals surface area contributed by atoms with Crippen LogP contribution in [0.15, 0.2) is 53.4 Å². The Morgan fingerprint density at radius 1 is 1.03 bits per heavy atom. The van der Waals surface area contributed by atoms with Crippen molar-refractivity contribution in [1.82, 2.24) is 9.62 Å². The van der Waals surface area contributed by atoms with Crippen LogP contribution in [0.4, 0.5) is 0 Å². The Morgan fingerprint density at radius 3 is 2.20 bits per heavy atom. The molecule has 1 N–H and O–H groups in total. The minimum Gasteiger partial charge on any atom is -0.339 e. The van der Waals surface area contributed by atoms with Crippen molar-refractivity contribution in [2.75, 3.05) is 19.6 Å². The molecule has 30 heavy (non-hydrogen) atoms. The van der Waals surface area contributed by atoms with Crippen LogP contribution < -0.4 is 4.72 Å². The van der Waals surface area contributed by atoms with Gasteiger partial charge in [-0.15, -0.1) is 0 Å². The van der Waals surface area contributed by atoms with Gasteiger partial charge in [-0.05, 0) is 67.9 Å². The van der Waals surface area contributed by atoms with Gasteiger partial charge in [0.15, 0.2) is 0 Å². The minimum absolute atomic E-state index is 0.0824. The highest BCUT2D eigenvalue weighted by Crippen LogP contribution is 2.22. The molecule has 1 saturated heterocycles. The molecule has 1 heterocycles. The summed E-state index contributed by atoms with van der Waals surface area (Å²) in [6.07, 6.45) is 2.60. The average Bonchev–Trinajstić information content (AvgIpc) is 2.74. The summed E-state index contributed by atoms with van der Waals surface area (Å²) in [4.78, 5) is 14.8. The molecular formula is C24H32N2O3S. The van der Waals surface area contributed by atoms with Crippen LogP contribution >= 0.6 is 0 Å². The molecule has 1 aliphatic rings. The van der Waals surface area contributed by atoms with E-state index in [1.54, 1.807) is 12.1 Å². The lowest BCUT2D eigenvalue weighted by atomic mass is 9.93. The van der Waals surface area contributed by atoms with E-state index in [2.05, 4.69) is 18.6 Å². The lowest BCUT2D eigenvalue weighted by Gasteiger charge is -2.32. The molecule has 0 saturated carbocycles. The zero-order valence-corrected chi connectivity index (χ0v) is 18.9. The summed E-state index contributed by atoms with van der Waals surface area (Å²) in [5.74, 6) is 0.885. The number of carbonyl (C=O) groups is 1. The third-order valence-corrected chi connectivity index (χ3v) is 7.38. The molecule has 0 bridgehead atoms. The molecule has 6 heteroatoms. The molecule has 0 aromatic heterocycles. The maximum atomic E-state index is 12.6. The van der Waals surface area contributed by atoms with E-state index in [1.807, 2.05) is 48.2 Å². The number of rotatable bonds is 7. The lowest BCUT2D eigenvalue weighted by molar-refractivity contribution is 0.0687. The number of sulfonamides is 1. The predicted molar refractivity (Wildman–Crippen MR) is 120 cm³/mol. The molecule has 2 aromatic rings. The first-order valence-corrected chi connectivity index (χ1v) is 12.2. The van der Waals surface area contributed by atoms with Gasteiger partial charge in [0.2, 0.25) is 10.0 Å². The van der Waals surface area contributed by atoms with Crippen LogP contribution in [0.3, 0.4) is 0 Å². The van der Waals surface area contributed by atoms with Crippen LogP contribution in [0.5, 0.6) is 0 Å². The number of piperidine rings is 1. The number of hydrogen-bond acceptors (Lipinski definition) is 3. The van der Waals surface area contributed by atoms with Crippen LogP contribution in [-0.4, -0.2) is 38.9 Å². The number of aryl methyl sites for hydroxylation is 1. The number of carbonyl (C=O) groups excluding carboxylic acids is 1. The molecule has 0 spiro atoms. The predicted octanol–water partition coefficient (Wildman–Crippen LogP) is 4.34. The molecule has 1 amide bonds. The molecule has 0 aliphatic carbocycles. The zero-order valence-electron chi connectivity index (χ0n) is 18.1. The summed E-state index contributed by atoms with van der Waals surface area (Å²) in [7, 11) is -3.48. The Morgan fingerprint density at radius 2 is 1.63 bits per heavy atom. The average molecular weight is 429 g/mol. The van der Waals surface area contributed by atoms with Crippen molar-refractivity contribution in [1.29, 1.82) is 0 Å². The maximum Gasteiger partial charge on any atom is 0.253 e. The maximum absolute atomic E-state index is 12.6. The summed E-state index contributed by atoms with van der Waals surface area (Å²) in [5.41, 5.74) is 3.00. The Hall–Kier alpha value is -2.18. The summed E-state index contributed by atoms with van der Waals surface area (Å²) in [6.45, 7) is 8.05. The molecule has 0 unspecified atom stereocenters. The van der Waals surface area contributed by atoms with Gasteiger partial charge in [-0.25, -0.2) is 13.1 Å². The highest BCUT2D eigenvalue weighted by molar-refractivity contribution is 7.89. The molecule has 0 atom stereocenters. The number of nitrogens with zero attached hydrogens (tertiary/aromatic N) is 1. The van der Waals surface area contributed by atoms with Gasteiger partial charge in [0.25, 0.3) is 5.91 Å². The van der Waals surface area contributed by atoms with Crippen molar-refractivity contribution < 1.29 is 13.2 Å². The summed E-state index contributed by atoms with van der Waals surface area (Å²) >= 11 is 0. The van der Waals surface area contributed by atoms with E-state index < -0.39 is 10.0 Å². The van der Waals surface area contributed by atoms with Gasteiger partial charge in [0.1, 0.15) is 0 Å². The van der Waals surface area contributed by atoms with Gasteiger partial charge in [-0.3, -0.25) is 4.79 Å². The first kappa shape index (κ1) is 22.5. The van der Waals surface area contributed by atoms with Gasteiger partial charge in [-0.2, -0.15) is 0 Å². The normalized spacial score (nSPS) is 15.5. The highest BCUT2D eigenvalue weighted by Gasteiger charge is 2.24. The molecular weight excluding hydrogens is 396 g/mol. The number of nitrogens with one attached hydrogen (secondary N) is 1. The molecule has 3 rings (SSSR count). The van der Waals surface area contributed by atoms with Crippen molar-refractivity contribution in [3.05, 3.63) is 65.2 Å². The van der Waals surface area contributed by atoms with E-state index in [4.69, 9.17) is 0 Å². The fourth-order valence-corrected chi connectivity index (χ4v) is 4.86. The zero-order chi connectivity index (χ0) is 21.7. The van der Waals surface area contributed by atoms with Crippen molar-refractivity contribution in [3.8, 4) is 0 Å². The number of benzene rings is 2. The largest absolute Gasteiger partial charge is 0.339 e. The molecule has 1 aliphatic heterocycles. The third kappa shape index (κ3) is 5.70. The fourth-order valence-electron chi connectivity index (χ4n) is 3.82. The van der Waals surface area contributed by atoms with Crippen LogP contribution in [0.2, 0.25) is 0 Å². The summed E-state index contributed by atoms with van der Waals surface area (Å²) in [6, 6.07) is 14.8. The Kier molecular flexibility index (Phi) is 7.32. The van der Waals surface area contributed by atoms with Gasteiger partial charge < -0.3 is 4.90 Å². The van der Waals surface area contributed by atoms with Crippen molar-refractivity contribution in [2.24, 2.45) is 5.92 Å². The minimum atomic E-state index is -3.48. The van der Waals surface area contributed by atoms with Gasteiger partial charge in [0, 0.05) is 25.2 Å². The van der Waals surface area contributed by atoms with E-state index in [0.717, 1.165) is 49.0 Å². The standard InChI is InChI=1S/C24H32N2O3S/c1-18(2)21-8-10-23(11-9-21)30(28,29)25-15-12-20-13-16-26(17-14-20)24(27)22-6-4-19(3)5-7-22/h4-11,18,20,25H,12-17H2,1-3H3. The van der Waals surface area contributed by atoms with Crippen molar-refractivity contribution in [2.45, 2.75) is 50.8 Å². The SMILES string of the molecule is Cc1ccc(C(=O)N2CCC(CCNS(=O)(=O)c3ccc(C(C)C)cc3)CC2)cc1. The van der Waals surface area contributed by atoms with Crippen LogP contribution in [0, 0.1) is 12.8 Å². The number of likely N-dealkylation sites (tertiary alicyclic amines) is 1. The van der Waals surface area contributed by atoms with E-state index in [0.29, 0.717) is 23.3 Å². The second kappa shape index (κ2) is 9.75. The number of hydrogen-bond donors (Lipinski definition) is 1. The first-order chi connectivity index (χ1) is 14.3. The van der Waals surface area contributed by atoms with Gasteiger partial charge in [-0.1, -0.05) is 43.7 Å². The summed E-state index contributed by atoms with van der Waals surface area (Å²) in [5, 5.41) is 0.